The van der Waals surface area contributed by atoms with Crippen LogP contribution < -0.4 is 4.90 Å². The van der Waals surface area contributed by atoms with Gasteiger partial charge in [-0.1, -0.05) is 37.1 Å². The number of rotatable bonds is 3. The Labute approximate surface area is 276 Å². The average molecular weight is 635 g/mol. The number of aliphatic hydroxyl groups is 1. The zero-order valence-electron chi connectivity index (χ0n) is 27.1. The first-order valence-corrected chi connectivity index (χ1v) is 17.4. The van der Waals surface area contributed by atoms with E-state index in [-0.39, 0.29) is 23.0 Å². The van der Waals surface area contributed by atoms with E-state index in [1.54, 1.807) is 17.0 Å². The summed E-state index contributed by atoms with van der Waals surface area (Å²) >= 11 is 0. The molecule has 7 nitrogen and oxygen atoms in total. The van der Waals surface area contributed by atoms with Gasteiger partial charge < -0.3 is 19.8 Å². The largest absolute Gasteiger partial charge is 0.377 e. The Bertz CT molecular complexity index is 1800. The van der Waals surface area contributed by atoms with Crippen molar-refractivity contribution in [3.8, 4) is 12.3 Å². The number of amides is 2. The lowest BCUT2D eigenvalue weighted by atomic mass is 9.53. The zero-order chi connectivity index (χ0) is 32.5. The fourth-order valence-corrected chi connectivity index (χ4v) is 10.1. The highest BCUT2D eigenvalue weighted by atomic mass is 19.1. The Morgan fingerprint density at radius 2 is 1.81 bits per heavy atom. The molecule has 2 saturated carbocycles. The molecule has 2 aromatic carbocycles. The third-order valence-corrected chi connectivity index (χ3v) is 12.7. The summed E-state index contributed by atoms with van der Waals surface area (Å²) in [5.74, 6) is 3.49. The fourth-order valence-electron chi connectivity index (χ4n) is 10.1. The van der Waals surface area contributed by atoms with Gasteiger partial charge in [-0.25, -0.2) is 9.37 Å². The Morgan fingerprint density at radius 1 is 1.00 bits per heavy atom. The molecule has 1 aromatic heterocycles. The first-order chi connectivity index (χ1) is 22.7. The predicted molar refractivity (Wildman–Crippen MR) is 179 cm³/mol. The number of piperazine rings is 1. The van der Waals surface area contributed by atoms with Crippen LogP contribution in [0.25, 0.3) is 10.9 Å². The molecule has 3 aliphatic carbocycles. The summed E-state index contributed by atoms with van der Waals surface area (Å²) in [5, 5.41) is 12.3. The van der Waals surface area contributed by atoms with Crippen LogP contribution in [-0.4, -0.2) is 76.1 Å². The first kappa shape index (κ1) is 30.4. The minimum atomic E-state index is -1.04. The minimum absolute atomic E-state index is 0.0289. The van der Waals surface area contributed by atoms with Gasteiger partial charge in [-0.2, -0.15) is 0 Å². The molecular formula is C39H43FN4O3. The van der Waals surface area contributed by atoms with Crippen molar-refractivity contribution in [1.29, 1.82) is 0 Å². The molecule has 2 saturated heterocycles. The minimum Gasteiger partial charge on any atom is -0.377 e. The normalized spacial score (nSPS) is 31.7. The number of aryl methyl sites for hydroxylation is 1. The maximum Gasteiger partial charge on any atom is 0.273 e. The number of hydrogen-bond acceptors (Lipinski definition) is 5. The van der Waals surface area contributed by atoms with Gasteiger partial charge in [0.1, 0.15) is 23.2 Å². The summed E-state index contributed by atoms with van der Waals surface area (Å²) < 4.78 is 15.7. The van der Waals surface area contributed by atoms with Crippen molar-refractivity contribution < 1.29 is 19.1 Å². The van der Waals surface area contributed by atoms with Gasteiger partial charge in [0, 0.05) is 43.5 Å². The summed E-state index contributed by atoms with van der Waals surface area (Å²) in [6.07, 6.45) is 12.6. The maximum absolute atomic E-state index is 15.7. The van der Waals surface area contributed by atoms with E-state index in [0.717, 1.165) is 55.0 Å². The van der Waals surface area contributed by atoms with Crippen molar-refractivity contribution in [2.24, 2.45) is 17.3 Å². The van der Waals surface area contributed by atoms with Crippen molar-refractivity contribution in [3.63, 3.8) is 0 Å². The van der Waals surface area contributed by atoms with E-state index in [1.807, 2.05) is 35.2 Å². The number of pyridine rings is 1. The first-order valence-electron chi connectivity index (χ1n) is 17.4. The van der Waals surface area contributed by atoms with Crippen LogP contribution in [0.1, 0.15) is 79.4 Å². The second kappa shape index (κ2) is 11.3. The molecule has 8 heteroatoms. The maximum atomic E-state index is 15.7. The third kappa shape index (κ3) is 4.76. The van der Waals surface area contributed by atoms with E-state index < -0.39 is 11.6 Å². The Hall–Kier alpha value is -3.96. The standard InChI is InChI=1S/C39H43FN4O3/c1-3-39(47)17-15-30-28-12-10-26-23-31(40)35(24-29(26)27(28)14-16-38(30,39)2)42-19-21-43(22-20-42)37(46)34-9-6-18-44(34)36(45)33-13-11-25-7-4-5-8-32(25)41-33/h1,4-5,7-8,11,13,23-24,27-28,30,34,47H,6,9-10,12,14-22H2,2H3/t27-,28+,30-,34-,38-,39-/m0/s1. The van der Waals surface area contributed by atoms with Crippen molar-refractivity contribution in [2.45, 2.75) is 75.9 Å². The predicted octanol–water partition coefficient (Wildman–Crippen LogP) is 5.55. The van der Waals surface area contributed by atoms with Gasteiger partial charge >= 0.3 is 0 Å². The van der Waals surface area contributed by atoms with Crippen LogP contribution in [-0.2, 0) is 11.2 Å². The van der Waals surface area contributed by atoms with Crippen LogP contribution in [0.5, 0.6) is 0 Å². The van der Waals surface area contributed by atoms with E-state index in [4.69, 9.17) is 6.42 Å². The number of anilines is 1. The Morgan fingerprint density at radius 3 is 2.62 bits per heavy atom. The Kier molecular flexibility index (Phi) is 7.33. The molecule has 2 amide bonds. The summed E-state index contributed by atoms with van der Waals surface area (Å²) in [7, 11) is 0. The van der Waals surface area contributed by atoms with Gasteiger partial charge in [0.15, 0.2) is 0 Å². The van der Waals surface area contributed by atoms with Crippen molar-refractivity contribution >= 4 is 28.4 Å². The van der Waals surface area contributed by atoms with Gasteiger partial charge in [0.25, 0.3) is 5.91 Å². The SMILES string of the molecule is C#C[C@]1(O)CC[C@H]2[C@@H]3CCc4cc(F)c(N5CCN(C(=O)[C@@H]6CCCN6C(=O)c6ccc7ccccc7n6)CC5)cc4[C@H]3CC[C@@]21C. The number of aromatic nitrogens is 1. The number of carbonyl (C=O) groups is 2. The van der Waals surface area contributed by atoms with Gasteiger partial charge in [0.05, 0.1) is 11.2 Å². The number of nitrogens with zero attached hydrogens (tertiary/aromatic N) is 4. The molecule has 8 rings (SSSR count). The molecule has 0 radical (unpaired) electrons. The summed E-state index contributed by atoms with van der Waals surface area (Å²) in [6, 6.07) is 14.7. The second-order valence-corrected chi connectivity index (χ2v) is 14.8. The average Bonchev–Trinajstić information content (AvgIpc) is 3.70. The summed E-state index contributed by atoms with van der Waals surface area (Å²) in [5.41, 5.74) is 2.82. The Balaban J connectivity index is 0.956. The van der Waals surface area contributed by atoms with Crippen molar-refractivity contribution in [3.05, 3.63) is 71.2 Å². The molecule has 244 valence electrons. The highest BCUT2D eigenvalue weighted by molar-refractivity contribution is 5.98. The molecule has 2 aliphatic heterocycles. The molecule has 3 aromatic rings. The molecule has 47 heavy (non-hydrogen) atoms. The lowest BCUT2D eigenvalue weighted by Gasteiger charge is -2.52. The number of terminal acetylenes is 1. The lowest BCUT2D eigenvalue weighted by Crippen LogP contribution is -2.54. The molecule has 6 atom stereocenters. The van der Waals surface area contributed by atoms with Crippen LogP contribution in [0.15, 0.2) is 48.5 Å². The zero-order valence-corrected chi connectivity index (χ0v) is 27.1. The third-order valence-electron chi connectivity index (χ3n) is 12.7. The topological polar surface area (TPSA) is 77.0 Å². The summed E-state index contributed by atoms with van der Waals surface area (Å²) in [4.78, 5) is 37.5. The van der Waals surface area contributed by atoms with Crippen molar-refractivity contribution in [1.82, 2.24) is 14.8 Å². The molecule has 0 unspecified atom stereocenters. The molecule has 0 spiro atoms. The van der Waals surface area contributed by atoms with Gasteiger partial charge in [-0.05, 0) is 105 Å². The molecular weight excluding hydrogens is 591 g/mol. The quantitative estimate of drug-likeness (QED) is 0.383. The van der Waals surface area contributed by atoms with Crippen LogP contribution in [0.4, 0.5) is 10.1 Å². The lowest BCUT2D eigenvalue weighted by molar-refractivity contribution is -0.135. The molecule has 1 N–H and O–H groups in total. The molecule has 0 bridgehead atoms. The number of halogens is 1. The van der Waals surface area contributed by atoms with Gasteiger partial charge in [-0.15, -0.1) is 6.42 Å². The fraction of sp³-hybridized carbons (Fsp3) is 0.513. The number of hydrogen-bond donors (Lipinski definition) is 1. The van der Waals surface area contributed by atoms with Crippen LogP contribution in [0, 0.1) is 35.4 Å². The molecule has 4 fully saturated rings. The highest BCUT2D eigenvalue weighted by Gasteiger charge is 2.61. The number of likely N-dealkylation sites (tertiary alicyclic amines) is 1. The van der Waals surface area contributed by atoms with Gasteiger partial charge in [-0.3, -0.25) is 9.59 Å². The van der Waals surface area contributed by atoms with Crippen molar-refractivity contribution in [2.75, 3.05) is 37.6 Å². The van der Waals surface area contributed by atoms with E-state index in [1.165, 1.54) is 5.56 Å². The highest BCUT2D eigenvalue weighted by Crippen LogP contribution is 2.64. The van der Waals surface area contributed by atoms with Gasteiger partial charge in [0.2, 0.25) is 5.91 Å². The molecule has 3 heterocycles. The van der Waals surface area contributed by atoms with Crippen LogP contribution >= 0.6 is 0 Å². The number of carbonyl (C=O) groups excluding carboxylic acids is 2. The summed E-state index contributed by atoms with van der Waals surface area (Å²) in [6.45, 7) is 4.78. The van der Waals surface area contributed by atoms with E-state index >= 15 is 4.39 Å². The van der Waals surface area contributed by atoms with Crippen LogP contribution in [0.3, 0.4) is 0 Å². The van der Waals surface area contributed by atoms with E-state index in [9.17, 15) is 14.7 Å². The monoisotopic (exact) mass is 634 g/mol. The van der Waals surface area contributed by atoms with E-state index in [0.29, 0.717) is 74.7 Å². The van der Waals surface area contributed by atoms with E-state index in [2.05, 4.69) is 28.8 Å². The number of benzene rings is 2. The molecule has 5 aliphatic rings. The smallest absolute Gasteiger partial charge is 0.273 e. The second-order valence-electron chi connectivity index (χ2n) is 14.8. The van der Waals surface area contributed by atoms with Crippen LogP contribution in [0.2, 0.25) is 0 Å². The number of para-hydroxylation sites is 1. The number of fused-ring (bicyclic) bond motifs is 6.